The van der Waals surface area contributed by atoms with Crippen molar-refractivity contribution in [2.75, 3.05) is 19.6 Å². The van der Waals surface area contributed by atoms with Crippen molar-refractivity contribution in [2.45, 2.75) is 26.2 Å². The molecule has 19 heavy (non-hydrogen) atoms. The van der Waals surface area contributed by atoms with Gasteiger partial charge in [-0.2, -0.15) is 5.10 Å². The van der Waals surface area contributed by atoms with Gasteiger partial charge in [-0.3, -0.25) is 9.48 Å². The average molecular weight is 287 g/mol. The average Bonchev–Trinajstić information content (AvgIpc) is 2.71. The van der Waals surface area contributed by atoms with Gasteiger partial charge in [0.25, 0.3) is 5.91 Å². The number of hydrogen-bond acceptors (Lipinski definition) is 3. The minimum atomic E-state index is -0.0672. The first-order valence-corrected chi connectivity index (χ1v) is 6.66. The third-order valence-electron chi connectivity index (χ3n) is 3.58. The molecule has 1 aliphatic rings. The summed E-state index contributed by atoms with van der Waals surface area (Å²) >= 11 is 0. The fraction of sp³-hybridized carbons (Fsp3) is 0.692. The van der Waals surface area contributed by atoms with Gasteiger partial charge < -0.3 is 10.6 Å². The predicted molar refractivity (Wildman–Crippen MR) is 77.7 cm³/mol. The molecule has 1 atom stereocenters. The minimum Gasteiger partial charge on any atom is -0.351 e. The largest absolute Gasteiger partial charge is 0.351 e. The van der Waals surface area contributed by atoms with Crippen molar-refractivity contribution >= 4 is 18.3 Å². The molecular formula is C13H23ClN4O. The second-order valence-corrected chi connectivity index (χ2v) is 5.05. The molecule has 0 aliphatic carbocycles. The monoisotopic (exact) mass is 286 g/mol. The Hall–Kier alpha value is -1.07. The summed E-state index contributed by atoms with van der Waals surface area (Å²) in [4.78, 5) is 11.8. The highest BCUT2D eigenvalue weighted by molar-refractivity contribution is 5.92. The number of hydrogen-bond donors (Lipinski definition) is 2. The van der Waals surface area contributed by atoms with E-state index in [0.717, 1.165) is 31.7 Å². The normalized spacial score (nSPS) is 18.7. The molecule has 0 aromatic carbocycles. The molecule has 0 radical (unpaired) electrons. The zero-order valence-electron chi connectivity index (χ0n) is 11.6. The summed E-state index contributed by atoms with van der Waals surface area (Å²) in [6, 6.07) is 1.82. The maximum atomic E-state index is 11.8. The number of nitrogens with zero attached hydrogens (tertiary/aromatic N) is 2. The van der Waals surface area contributed by atoms with E-state index in [1.165, 1.54) is 12.8 Å². The van der Waals surface area contributed by atoms with Crippen LogP contribution in [0.1, 0.15) is 35.4 Å². The molecule has 1 fully saturated rings. The van der Waals surface area contributed by atoms with Gasteiger partial charge in [-0.05, 0) is 51.3 Å². The first kappa shape index (κ1) is 16.0. The smallest absolute Gasteiger partial charge is 0.271 e. The van der Waals surface area contributed by atoms with Crippen molar-refractivity contribution < 1.29 is 4.79 Å². The predicted octanol–water partition coefficient (Wildman–Crippen LogP) is 1.27. The molecule has 2 heterocycles. The van der Waals surface area contributed by atoms with E-state index in [1.807, 2.05) is 20.0 Å². The fourth-order valence-corrected chi connectivity index (χ4v) is 2.32. The Kier molecular flexibility index (Phi) is 6.31. The molecule has 0 bridgehead atoms. The summed E-state index contributed by atoms with van der Waals surface area (Å²) in [5.74, 6) is 0.631. The van der Waals surface area contributed by atoms with Gasteiger partial charge in [0.05, 0.1) is 0 Å². The van der Waals surface area contributed by atoms with E-state index in [1.54, 1.807) is 4.68 Å². The Morgan fingerprint density at radius 3 is 3.00 bits per heavy atom. The lowest BCUT2D eigenvalue weighted by Crippen LogP contribution is -2.33. The lowest BCUT2D eigenvalue weighted by atomic mass is 9.96. The number of carbonyl (C=O) groups is 1. The zero-order valence-corrected chi connectivity index (χ0v) is 12.4. The molecule has 0 spiro atoms. The Labute approximate surface area is 120 Å². The maximum Gasteiger partial charge on any atom is 0.271 e. The zero-order chi connectivity index (χ0) is 13.0. The second-order valence-electron chi connectivity index (χ2n) is 5.05. The standard InChI is InChI=1S/C13H22N4O.ClH/c1-10-8-12(16-17(10)2)13(18)15-7-5-11-4-3-6-14-9-11;/h8,11,14H,3-7,9H2,1-2H3,(H,15,18);1H. The summed E-state index contributed by atoms with van der Waals surface area (Å²) in [6.07, 6.45) is 3.56. The molecule has 1 saturated heterocycles. The molecule has 108 valence electrons. The summed E-state index contributed by atoms with van der Waals surface area (Å²) in [7, 11) is 1.85. The van der Waals surface area contributed by atoms with Gasteiger partial charge in [-0.25, -0.2) is 0 Å². The van der Waals surface area contributed by atoms with Crippen LogP contribution in [0.4, 0.5) is 0 Å². The first-order valence-electron chi connectivity index (χ1n) is 6.66. The lowest BCUT2D eigenvalue weighted by molar-refractivity contribution is 0.0945. The van der Waals surface area contributed by atoms with E-state index < -0.39 is 0 Å². The Morgan fingerprint density at radius 2 is 2.42 bits per heavy atom. The molecular weight excluding hydrogens is 264 g/mol. The summed E-state index contributed by atoms with van der Waals surface area (Å²) in [6.45, 7) is 4.90. The van der Waals surface area contributed by atoms with E-state index in [2.05, 4.69) is 15.7 Å². The van der Waals surface area contributed by atoms with Crippen LogP contribution in [0.5, 0.6) is 0 Å². The van der Waals surface area contributed by atoms with Gasteiger partial charge in [0.1, 0.15) is 5.69 Å². The highest BCUT2D eigenvalue weighted by atomic mass is 35.5. The Bertz CT molecular complexity index is 393. The van der Waals surface area contributed by atoms with E-state index in [4.69, 9.17) is 0 Å². The van der Waals surface area contributed by atoms with Crippen LogP contribution in [0.2, 0.25) is 0 Å². The van der Waals surface area contributed by atoms with Gasteiger partial charge in [-0.15, -0.1) is 12.4 Å². The van der Waals surface area contributed by atoms with Crippen molar-refractivity contribution in [1.29, 1.82) is 0 Å². The third-order valence-corrected chi connectivity index (χ3v) is 3.58. The molecule has 2 rings (SSSR count). The van der Waals surface area contributed by atoms with Crippen LogP contribution >= 0.6 is 12.4 Å². The van der Waals surface area contributed by atoms with Crippen LogP contribution in [0.25, 0.3) is 0 Å². The van der Waals surface area contributed by atoms with Gasteiger partial charge in [-0.1, -0.05) is 0 Å². The SMILES string of the molecule is Cc1cc(C(=O)NCCC2CCCNC2)nn1C.Cl. The van der Waals surface area contributed by atoms with E-state index >= 15 is 0 Å². The molecule has 0 saturated carbocycles. The number of aryl methyl sites for hydroxylation is 2. The molecule has 1 unspecified atom stereocenters. The van der Waals surface area contributed by atoms with E-state index in [9.17, 15) is 4.79 Å². The molecule has 6 heteroatoms. The Morgan fingerprint density at radius 1 is 1.63 bits per heavy atom. The van der Waals surface area contributed by atoms with Gasteiger partial charge in [0.15, 0.2) is 0 Å². The quantitative estimate of drug-likeness (QED) is 0.876. The van der Waals surface area contributed by atoms with Crippen LogP contribution in [-0.4, -0.2) is 35.3 Å². The van der Waals surface area contributed by atoms with Gasteiger partial charge in [0.2, 0.25) is 0 Å². The topological polar surface area (TPSA) is 59.0 Å². The highest BCUT2D eigenvalue weighted by Crippen LogP contribution is 2.13. The summed E-state index contributed by atoms with van der Waals surface area (Å²) < 4.78 is 1.72. The number of carbonyl (C=O) groups excluding carboxylic acids is 1. The van der Waals surface area contributed by atoms with Crippen molar-refractivity contribution in [3.63, 3.8) is 0 Å². The number of amides is 1. The van der Waals surface area contributed by atoms with Gasteiger partial charge >= 0.3 is 0 Å². The van der Waals surface area contributed by atoms with E-state index in [-0.39, 0.29) is 18.3 Å². The van der Waals surface area contributed by atoms with Crippen molar-refractivity contribution in [1.82, 2.24) is 20.4 Å². The number of rotatable bonds is 4. The molecule has 1 aromatic rings. The fourth-order valence-electron chi connectivity index (χ4n) is 2.32. The summed E-state index contributed by atoms with van der Waals surface area (Å²) in [5, 5.41) is 10.5. The molecule has 1 aromatic heterocycles. The van der Waals surface area contributed by atoms with Crippen molar-refractivity contribution in [3.05, 3.63) is 17.5 Å². The molecule has 2 N–H and O–H groups in total. The number of aromatic nitrogens is 2. The van der Waals surface area contributed by atoms with Crippen LogP contribution in [0.15, 0.2) is 6.07 Å². The van der Waals surface area contributed by atoms with Gasteiger partial charge in [0, 0.05) is 19.3 Å². The van der Waals surface area contributed by atoms with Crippen LogP contribution < -0.4 is 10.6 Å². The van der Waals surface area contributed by atoms with Crippen LogP contribution in [0, 0.1) is 12.8 Å². The number of nitrogens with one attached hydrogen (secondary N) is 2. The molecule has 5 nitrogen and oxygen atoms in total. The van der Waals surface area contributed by atoms with Crippen molar-refractivity contribution in [3.8, 4) is 0 Å². The molecule has 1 amide bonds. The second kappa shape index (κ2) is 7.50. The third kappa shape index (κ3) is 4.51. The van der Waals surface area contributed by atoms with Crippen LogP contribution in [0.3, 0.4) is 0 Å². The summed E-state index contributed by atoms with van der Waals surface area (Å²) in [5.41, 5.74) is 1.51. The highest BCUT2D eigenvalue weighted by Gasteiger charge is 2.14. The Balaban J connectivity index is 0.00000180. The minimum absolute atomic E-state index is 0. The first-order chi connectivity index (χ1) is 8.66. The maximum absolute atomic E-state index is 11.8. The van der Waals surface area contributed by atoms with Crippen molar-refractivity contribution in [2.24, 2.45) is 13.0 Å². The molecule has 1 aliphatic heterocycles. The number of halogens is 1. The number of piperidine rings is 1. The van der Waals surface area contributed by atoms with E-state index in [0.29, 0.717) is 11.6 Å². The van der Waals surface area contributed by atoms with Crippen LogP contribution in [-0.2, 0) is 7.05 Å². The lowest BCUT2D eigenvalue weighted by Gasteiger charge is -2.22.